The summed E-state index contributed by atoms with van der Waals surface area (Å²) in [6.07, 6.45) is 5.13. The number of nitrogens with zero attached hydrogens (tertiary/aromatic N) is 1. The van der Waals surface area contributed by atoms with Gasteiger partial charge in [0.2, 0.25) is 0 Å². The van der Waals surface area contributed by atoms with Gasteiger partial charge in [-0.3, -0.25) is 0 Å². The molecule has 1 unspecified atom stereocenters. The first kappa shape index (κ1) is 20.7. The Bertz CT molecular complexity index is 454. The minimum Gasteiger partial charge on any atom is -0.388 e. The highest BCUT2D eigenvalue weighted by atomic mass is 16.6. The highest BCUT2D eigenvalue weighted by Gasteiger charge is 2.18. The van der Waals surface area contributed by atoms with Crippen LogP contribution in [0.15, 0.2) is 22.9 Å². The van der Waals surface area contributed by atoms with Crippen LogP contribution in [0.3, 0.4) is 0 Å². The number of ether oxygens (including phenoxy) is 3. The third-order valence-corrected chi connectivity index (χ3v) is 3.74. The molecule has 6 nitrogen and oxygen atoms in total. The van der Waals surface area contributed by atoms with Gasteiger partial charge in [-0.15, -0.1) is 0 Å². The molecule has 0 aromatic rings. The molecule has 0 radical (unpaired) electrons. The second-order valence-electron chi connectivity index (χ2n) is 5.62. The Balaban J connectivity index is 2.56. The van der Waals surface area contributed by atoms with Crippen LogP contribution in [0.4, 0.5) is 0 Å². The summed E-state index contributed by atoms with van der Waals surface area (Å²) < 4.78 is 15.6. The van der Waals surface area contributed by atoms with Gasteiger partial charge in [-0.25, -0.2) is 0 Å². The molecule has 2 N–H and O–H groups in total. The van der Waals surface area contributed by atoms with E-state index in [1.165, 1.54) is 0 Å². The van der Waals surface area contributed by atoms with E-state index >= 15 is 0 Å². The maximum atomic E-state index is 10.1. The SMILES string of the molecule is CCOCCCOC(O)/C(C#N)=C1\C=C(NCCCOC)CCC1. The van der Waals surface area contributed by atoms with Crippen molar-refractivity contribution >= 4 is 0 Å². The Labute approximate surface area is 145 Å². The molecule has 24 heavy (non-hydrogen) atoms. The van der Waals surface area contributed by atoms with Gasteiger partial charge in [-0.1, -0.05) is 0 Å². The molecule has 0 bridgehead atoms. The lowest BCUT2D eigenvalue weighted by atomic mass is 9.95. The molecule has 1 aliphatic carbocycles. The molecule has 0 heterocycles. The van der Waals surface area contributed by atoms with E-state index < -0.39 is 6.29 Å². The van der Waals surface area contributed by atoms with Crippen molar-refractivity contribution in [2.75, 3.05) is 40.1 Å². The van der Waals surface area contributed by atoms with Crippen molar-refractivity contribution in [3.8, 4) is 6.07 Å². The van der Waals surface area contributed by atoms with E-state index in [2.05, 4.69) is 11.4 Å². The summed E-state index contributed by atoms with van der Waals surface area (Å²) in [7, 11) is 1.69. The van der Waals surface area contributed by atoms with Crippen molar-refractivity contribution < 1.29 is 19.3 Å². The molecular formula is C18H30N2O4. The van der Waals surface area contributed by atoms with Gasteiger partial charge < -0.3 is 24.6 Å². The first-order valence-electron chi connectivity index (χ1n) is 8.66. The van der Waals surface area contributed by atoms with Crippen molar-refractivity contribution in [3.63, 3.8) is 0 Å². The van der Waals surface area contributed by atoms with E-state index in [4.69, 9.17) is 14.2 Å². The molecule has 1 rings (SSSR count). The van der Waals surface area contributed by atoms with Crippen LogP contribution in [0.25, 0.3) is 0 Å². The van der Waals surface area contributed by atoms with Crippen LogP contribution in [0.2, 0.25) is 0 Å². The maximum absolute atomic E-state index is 10.1. The number of nitrogens with one attached hydrogen (secondary N) is 1. The van der Waals surface area contributed by atoms with Crippen molar-refractivity contribution in [1.29, 1.82) is 5.26 Å². The van der Waals surface area contributed by atoms with Crippen LogP contribution in [0.5, 0.6) is 0 Å². The van der Waals surface area contributed by atoms with Gasteiger partial charge >= 0.3 is 0 Å². The van der Waals surface area contributed by atoms with Gasteiger partial charge in [-0.05, 0) is 50.7 Å². The lowest BCUT2D eigenvalue weighted by Crippen LogP contribution is -2.21. The molecule has 1 atom stereocenters. The summed E-state index contributed by atoms with van der Waals surface area (Å²) in [6, 6.07) is 2.10. The second kappa shape index (κ2) is 13.0. The van der Waals surface area contributed by atoms with Gasteiger partial charge in [0.05, 0.1) is 12.2 Å². The molecule has 0 aromatic heterocycles. The Hall–Kier alpha value is -1.39. The van der Waals surface area contributed by atoms with Crippen LogP contribution in [-0.2, 0) is 14.2 Å². The number of hydrogen-bond acceptors (Lipinski definition) is 6. The summed E-state index contributed by atoms with van der Waals surface area (Å²) in [6.45, 7) is 5.12. The normalized spacial score (nSPS) is 17.8. The Morgan fingerprint density at radius 2 is 2.17 bits per heavy atom. The summed E-state index contributed by atoms with van der Waals surface area (Å²) in [5.74, 6) is 0. The van der Waals surface area contributed by atoms with Crippen molar-refractivity contribution in [2.24, 2.45) is 0 Å². The van der Waals surface area contributed by atoms with E-state index in [1.54, 1.807) is 7.11 Å². The third-order valence-electron chi connectivity index (χ3n) is 3.74. The second-order valence-corrected chi connectivity index (χ2v) is 5.62. The van der Waals surface area contributed by atoms with Gasteiger partial charge in [-0.2, -0.15) is 5.26 Å². The average molecular weight is 338 g/mol. The van der Waals surface area contributed by atoms with Crippen LogP contribution in [0, 0.1) is 11.3 Å². The van der Waals surface area contributed by atoms with Gasteiger partial charge in [0, 0.05) is 39.2 Å². The number of methoxy groups -OCH3 is 1. The predicted octanol–water partition coefficient (Wildman–Crippen LogP) is 2.26. The lowest BCUT2D eigenvalue weighted by molar-refractivity contribution is -0.0743. The smallest absolute Gasteiger partial charge is 0.191 e. The quantitative estimate of drug-likeness (QED) is 0.323. The number of nitriles is 1. The van der Waals surface area contributed by atoms with Gasteiger partial charge in [0.15, 0.2) is 6.29 Å². The topological polar surface area (TPSA) is 83.7 Å². The fourth-order valence-corrected chi connectivity index (χ4v) is 2.51. The highest BCUT2D eigenvalue weighted by molar-refractivity contribution is 5.39. The standard InChI is InChI=1S/C18H30N2O4/c1-3-23-11-6-12-24-18(21)17(14-19)15-7-4-8-16(13-15)20-9-5-10-22-2/h13,18,20-21H,3-12H2,1-2H3/b17-15-. The van der Waals surface area contributed by atoms with Crippen LogP contribution >= 0.6 is 0 Å². The number of rotatable bonds is 12. The summed E-state index contributed by atoms with van der Waals surface area (Å²) in [5, 5.41) is 22.9. The van der Waals surface area contributed by atoms with Gasteiger partial charge in [0.25, 0.3) is 0 Å². The van der Waals surface area contributed by atoms with Crippen LogP contribution in [0.1, 0.15) is 39.0 Å². The highest BCUT2D eigenvalue weighted by Crippen LogP contribution is 2.25. The van der Waals surface area contributed by atoms with Crippen LogP contribution in [-0.4, -0.2) is 51.5 Å². The molecule has 0 aliphatic heterocycles. The molecule has 0 spiro atoms. The molecular weight excluding hydrogens is 308 g/mol. The summed E-state index contributed by atoms with van der Waals surface area (Å²) >= 11 is 0. The Kier molecular flexibility index (Phi) is 11.2. The zero-order valence-corrected chi connectivity index (χ0v) is 14.8. The van der Waals surface area contributed by atoms with Crippen molar-refractivity contribution in [3.05, 3.63) is 22.9 Å². The third kappa shape index (κ3) is 7.93. The molecule has 0 saturated heterocycles. The zero-order chi connectivity index (χ0) is 17.6. The first-order chi connectivity index (χ1) is 11.7. The minimum absolute atomic E-state index is 0.308. The maximum Gasteiger partial charge on any atom is 0.191 e. The first-order valence-corrected chi connectivity index (χ1v) is 8.66. The summed E-state index contributed by atoms with van der Waals surface area (Å²) in [5.41, 5.74) is 2.27. The van der Waals surface area contributed by atoms with E-state index in [0.29, 0.717) is 31.8 Å². The largest absolute Gasteiger partial charge is 0.388 e. The average Bonchev–Trinajstić information content (AvgIpc) is 2.60. The molecule has 0 amide bonds. The van der Waals surface area contributed by atoms with Crippen LogP contribution < -0.4 is 5.32 Å². The molecule has 1 aliphatic rings. The van der Waals surface area contributed by atoms with E-state index in [9.17, 15) is 10.4 Å². The summed E-state index contributed by atoms with van der Waals surface area (Å²) in [4.78, 5) is 0. The number of aliphatic hydroxyl groups is 1. The minimum atomic E-state index is -1.17. The van der Waals surface area contributed by atoms with Crippen molar-refractivity contribution in [2.45, 2.75) is 45.3 Å². The van der Waals surface area contributed by atoms with Gasteiger partial charge in [0.1, 0.15) is 6.07 Å². The van der Waals surface area contributed by atoms with Crippen molar-refractivity contribution in [1.82, 2.24) is 5.32 Å². The van der Waals surface area contributed by atoms with E-state index in [-0.39, 0.29) is 0 Å². The molecule has 0 aromatic carbocycles. The van der Waals surface area contributed by atoms with E-state index in [0.717, 1.165) is 50.1 Å². The number of allylic oxidation sites excluding steroid dienone is 3. The zero-order valence-electron chi connectivity index (χ0n) is 14.8. The fourth-order valence-electron chi connectivity index (χ4n) is 2.51. The Morgan fingerprint density at radius 3 is 2.88 bits per heavy atom. The number of hydrogen-bond donors (Lipinski definition) is 2. The lowest BCUT2D eigenvalue weighted by Gasteiger charge is -2.20. The van der Waals surface area contributed by atoms with E-state index in [1.807, 2.05) is 13.0 Å². The molecule has 6 heteroatoms. The molecule has 0 fully saturated rings. The predicted molar refractivity (Wildman–Crippen MR) is 92.1 cm³/mol. The molecule has 0 saturated carbocycles. The fraction of sp³-hybridized carbons (Fsp3) is 0.722. The Morgan fingerprint density at radius 1 is 1.33 bits per heavy atom. The molecule has 136 valence electrons. The monoisotopic (exact) mass is 338 g/mol. The number of aliphatic hydroxyl groups excluding tert-OH is 1.